The zero-order valence-corrected chi connectivity index (χ0v) is 17.8. The van der Waals surface area contributed by atoms with Crippen LogP contribution in [0.5, 0.6) is 5.75 Å². The number of carbonyl (C=O) groups excluding carboxylic acids is 1. The summed E-state index contributed by atoms with van der Waals surface area (Å²) in [5, 5.41) is 3.82. The molecule has 0 atom stereocenters. The van der Waals surface area contributed by atoms with Gasteiger partial charge in [0.25, 0.3) is 5.91 Å². The molecule has 1 N–H and O–H groups in total. The number of furan rings is 1. The quantitative estimate of drug-likeness (QED) is 0.571. The summed E-state index contributed by atoms with van der Waals surface area (Å²) < 4.78 is 16.5. The van der Waals surface area contributed by atoms with Crippen molar-refractivity contribution in [1.82, 2.24) is 0 Å². The van der Waals surface area contributed by atoms with Gasteiger partial charge in [0.15, 0.2) is 5.76 Å². The summed E-state index contributed by atoms with van der Waals surface area (Å²) in [6, 6.07) is 14.1. The molecule has 156 valence electrons. The zero-order valence-electron chi connectivity index (χ0n) is 16.3. The highest BCUT2D eigenvalue weighted by Gasteiger charge is 2.19. The van der Waals surface area contributed by atoms with Crippen LogP contribution < -0.4 is 15.0 Å². The van der Waals surface area contributed by atoms with Gasteiger partial charge in [-0.25, -0.2) is 0 Å². The van der Waals surface area contributed by atoms with E-state index in [0.29, 0.717) is 40.5 Å². The molecule has 1 aliphatic heterocycles. The average molecular weight is 447 g/mol. The summed E-state index contributed by atoms with van der Waals surface area (Å²) in [6.07, 6.45) is 0. The van der Waals surface area contributed by atoms with Gasteiger partial charge in [0.2, 0.25) is 0 Å². The third kappa shape index (κ3) is 4.41. The van der Waals surface area contributed by atoms with Gasteiger partial charge >= 0.3 is 0 Å². The number of halogens is 2. The maximum atomic E-state index is 12.9. The third-order valence-corrected chi connectivity index (χ3v) is 5.58. The molecule has 8 heteroatoms. The number of ether oxygens (including phenoxy) is 2. The molecule has 0 bridgehead atoms. The topological polar surface area (TPSA) is 63.9 Å². The second kappa shape index (κ2) is 9.00. The first kappa shape index (κ1) is 20.6. The van der Waals surface area contributed by atoms with Crippen molar-refractivity contribution in [3.05, 3.63) is 64.3 Å². The first-order valence-electron chi connectivity index (χ1n) is 9.42. The molecule has 1 amide bonds. The molecule has 30 heavy (non-hydrogen) atoms. The van der Waals surface area contributed by atoms with Crippen molar-refractivity contribution in [3.63, 3.8) is 0 Å². The van der Waals surface area contributed by atoms with Gasteiger partial charge in [0, 0.05) is 24.7 Å². The Kier molecular flexibility index (Phi) is 6.18. The van der Waals surface area contributed by atoms with E-state index in [4.69, 9.17) is 37.1 Å². The summed E-state index contributed by atoms with van der Waals surface area (Å²) in [6.45, 7) is 2.78. The van der Waals surface area contributed by atoms with Crippen LogP contribution in [0.4, 0.5) is 11.4 Å². The number of hydrogen-bond donors (Lipinski definition) is 1. The van der Waals surface area contributed by atoms with Crippen LogP contribution in [0.1, 0.15) is 10.6 Å². The Morgan fingerprint density at radius 2 is 1.83 bits per heavy atom. The molecular weight excluding hydrogens is 427 g/mol. The van der Waals surface area contributed by atoms with Gasteiger partial charge in [-0.3, -0.25) is 4.79 Å². The van der Waals surface area contributed by atoms with Crippen LogP contribution in [0.25, 0.3) is 11.3 Å². The van der Waals surface area contributed by atoms with Gasteiger partial charge in [-0.15, -0.1) is 0 Å². The summed E-state index contributed by atoms with van der Waals surface area (Å²) in [5.41, 5.74) is 2.29. The number of methoxy groups -OCH3 is 1. The van der Waals surface area contributed by atoms with Gasteiger partial charge in [-0.2, -0.15) is 0 Å². The molecule has 0 radical (unpaired) electrons. The fraction of sp³-hybridized carbons (Fsp3) is 0.227. The van der Waals surface area contributed by atoms with Crippen LogP contribution in [0.2, 0.25) is 10.0 Å². The third-order valence-electron chi connectivity index (χ3n) is 4.84. The minimum Gasteiger partial charge on any atom is -0.497 e. The second-order valence-corrected chi connectivity index (χ2v) is 7.54. The lowest BCUT2D eigenvalue weighted by Gasteiger charge is -2.30. The van der Waals surface area contributed by atoms with Crippen molar-refractivity contribution in [2.75, 3.05) is 43.6 Å². The largest absolute Gasteiger partial charge is 0.497 e. The minimum absolute atomic E-state index is 0.187. The van der Waals surface area contributed by atoms with Crippen LogP contribution in [-0.4, -0.2) is 39.3 Å². The minimum atomic E-state index is -0.357. The smallest absolute Gasteiger partial charge is 0.291 e. The summed E-state index contributed by atoms with van der Waals surface area (Å²) in [5.74, 6) is 1.01. The fourth-order valence-electron chi connectivity index (χ4n) is 3.27. The highest BCUT2D eigenvalue weighted by molar-refractivity contribution is 6.42. The molecule has 2 aromatic carbocycles. The number of morpholine rings is 1. The Labute approximate surface area is 184 Å². The standard InChI is InChI=1S/C22H20Cl2N2O4/c1-28-15-3-5-19(26-8-10-29-11-9-26)18(13-15)25-22(27)21-7-6-20(30-21)14-2-4-16(23)17(24)12-14/h2-7,12-13H,8-11H2,1H3,(H,25,27). The predicted octanol–water partition coefficient (Wildman–Crippen LogP) is 5.35. The van der Waals surface area contributed by atoms with E-state index in [1.165, 1.54) is 0 Å². The van der Waals surface area contributed by atoms with E-state index < -0.39 is 0 Å². The first-order chi connectivity index (χ1) is 14.5. The number of amides is 1. The highest BCUT2D eigenvalue weighted by Crippen LogP contribution is 2.33. The van der Waals surface area contributed by atoms with Crippen LogP contribution >= 0.6 is 23.2 Å². The van der Waals surface area contributed by atoms with Crippen molar-refractivity contribution in [3.8, 4) is 17.1 Å². The number of nitrogens with zero attached hydrogens (tertiary/aromatic N) is 1. The number of benzene rings is 2. The monoisotopic (exact) mass is 446 g/mol. The Balaban J connectivity index is 1.58. The Hall–Kier alpha value is -2.67. The van der Waals surface area contributed by atoms with Crippen LogP contribution in [-0.2, 0) is 4.74 Å². The molecule has 0 spiro atoms. The van der Waals surface area contributed by atoms with Crippen LogP contribution in [0.3, 0.4) is 0 Å². The number of hydrogen-bond acceptors (Lipinski definition) is 5. The molecule has 1 fully saturated rings. The molecular formula is C22H20Cl2N2O4. The van der Waals surface area contributed by atoms with E-state index in [1.54, 1.807) is 43.5 Å². The molecule has 2 heterocycles. The lowest BCUT2D eigenvalue weighted by molar-refractivity contribution is 0.0997. The molecule has 0 saturated carbocycles. The van der Waals surface area contributed by atoms with Crippen LogP contribution in [0, 0.1) is 0 Å². The summed E-state index contributed by atoms with van der Waals surface area (Å²) >= 11 is 12.1. The van der Waals surface area contributed by atoms with Crippen molar-refractivity contribution in [2.45, 2.75) is 0 Å². The van der Waals surface area contributed by atoms with Crippen LogP contribution in [0.15, 0.2) is 52.9 Å². The highest BCUT2D eigenvalue weighted by atomic mass is 35.5. The van der Waals surface area contributed by atoms with E-state index in [1.807, 2.05) is 12.1 Å². The maximum Gasteiger partial charge on any atom is 0.291 e. The molecule has 0 aliphatic carbocycles. The second-order valence-electron chi connectivity index (χ2n) is 6.73. The molecule has 6 nitrogen and oxygen atoms in total. The lowest BCUT2D eigenvalue weighted by atomic mass is 10.2. The van der Waals surface area contributed by atoms with E-state index in [-0.39, 0.29) is 11.7 Å². The normalized spacial score (nSPS) is 13.9. The SMILES string of the molecule is COc1ccc(N2CCOCC2)c(NC(=O)c2ccc(-c3ccc(Cl)c(Cl)c3)o2)c1. The van der Waals surface area contributed by atoms with Gasteiger partial charge in [0.1, 0.15) is 11.5 Å². The fourth-order valence-corrected chi connectivity index (χ4v) is 3.57. The maximum absolute atomic E-state index is 12.9. The lowest BCUT2D eigenvalue weighted by Crippen LogP contribution is -2.36. The molecule has 0 unspecified atom stereocenters. The average Bonchev–Trinajstić information content (AvgIpc) is 3.27. The number of nitrogens with one attached hydrogen (secondary N) is 1. The molecule has 4 rings (SSSR count). The molecule has 1 saturated heterocycles. The number of anilines is 2. The van der Waals surface area contributed by atoms with Crippen molar-refractivity contribution < 1.29 is 18.7 Å². The van der Waals surface area contributed by atoms with Gasteiger partial charge < -0.3 is 24.1 Å². The van der Waals surface area contributed by atoms with Crippen molar-refractivity contribution >= 4 is 40.5 Å². The predicted molar refractivity (Wildman–Crippen MR) is 118 cm³/mol. The molecule has 3 aromatic rings. The van der Waals surface area contributed by atoms with E-state index in [2.05, 4.69) is 10.2 Å². The number of rotatable bonds is 5. The summed E-state index contributed by atoms with van der Waals surface area (Å²) in [7, 11) is 1.59. The zero-order chi connectivity index (χ0) is 21.1. The van der Waals surface area contributed by atoms with Gasteiger partial charge in [-0.1, -0.05) is 23.2 Å². The Morgan fingerprint density at radius 3 is 2.57 bits per heavy atom. The summed E-state index contributed by atoms with van der Waals surface area (Å²) in [4.78, 5) is 15.0. The first-order valence-corrected chi connectivity index (χ1v) is 10.2. The Bertz CT molecular complexity index is 1060. The van der Waals surface area contributed by atoms with E-state index in [0.717, 1.165) is 24.3 Å². The molecule has 1 aliphatic rings. The van der Waals surface area contributed by atoms with E-state index in [9.17, 15) is 4.79 Å². The Morgan fingerprint density at radius 1 is 1.03 bits per heavy atom. The molecule has 1 aromatic heterocycles. The van der Waals surface area contributed by atoms with E-state index >= 15 is 0 Å². The van der Waals surface area contributed by atoms with Gasteiger partial charge in [0.05, 0.1) is 41.7 Å². The van der Waals surface area contributed by atoms with Gasteiger partial charge in [-0.05, 0) is 42.5 Å². The van der Waals surface area contributed by atoms with Crippen molar-refractivity contribution in [2.24, 2.45) is 0 Å². The van der Waals surface area contributed by atoms with Crippen molar-refractivity contribution in [1.29, 1.82) is 0 Å². The number of carbonyl (C=O) groups is 1.